The van der Waals surface area contributed by atoms with Crippen molar-refractivity contribution in [3.05, 3.63) is 59.3 Å². The number of aromatic nitrogens is 1. The molecule has 2 aromatic carbocycles. The van der Waals surface area contributed by atoms with E-state index >= 15 is 0 Å². The van der Waals surface area contributed by atoms with Crippen LogP contribution in [0.1, 0.15) is 23.2 Å². The van der Waals surface area contributed by atoms with Gasteiger partial charge in [-0.1, -0.05) is 18.2 Å². The second-order valence-corrected chi connectivity index (χ2v) is 8.91. The van der Waals surface area contributed by atoms with E-state index in [1.54, 1.807) is 25.3 Å². The van der Waals surface area contributed by atoms with E-state index in [0.29, 0.717) is 12.2 Å². The number of fused-ring (bicyclic) bond motifs is 3. The summed E-state index contributed by atoms with van der Waals surface area (Å²) in [7, 11) is 0.102. The molecule has 0 saturated heterocycles. The van der Waals surface area contributed by atoms with Crippen molar-refractivity contribution in [1.29, 1.82) is 0 Å². The Bertz CT molecular complexity index is 1120. The summed E-state index contributed by atoms with van der Waals surface area (Å²) in [5.41, 5.74) is 4.59. The molecule has 1 aliphatic carbocycles. The molecule has 27 heavy (non-hydrogen) atoms. The lowest BCUT2D eigenvalue weighted by Crippen LogP contribution is -2.38. The van der Waals surface area contributed by atoms with E-state index < -0.39 is 10.0 Å². The van der Waals surface area contributed by atoms with E-state index in [1.807, 2.05) is 19.1 Å². The third kappa shape index (κ3) is 3.13. The summed E-state index contributed by atoms with van der Waals surface area (Å²) in [5, 5.41) is 1.22. The third-order valence-electron chi connectivity index (χ3n) is 5.52. The molecular weight excluding hydrogens is 360 g/mol. The molecule has 1 aromatic heterocycles. The highest BCUT2D eigenvalue weighted by Crippen LogP contribution is 2.32. The Hall–Kier alpha value is -2.31. The molecule has 5 nitrogen and oxygen atoms in total. The number of hydrogen-bond donors (Lipinski definition) is 1. The maximum Gasteiger partial charge on any atom is 0.240 e. The number of rotatable bonds is 4. The number of nitrogens with one attached hydrogen (secondary N) is 1. The molecule has 0 fully saturated rings. The fraction of sp³-hybridized carbons (Fsp3) is 0.333. The van der Waals surface area contributed by atoms with Gasteiger partial charge in [0, 0.05) is 29.7 Å². The number of sulfonamides is 1. The van der Waals surface area contributed by atoms with Crippen LogP contribution in [-0.2, 0) is 29.9 Å². The number of hydrogen-bond acceptors (Lipinski definition) is 3. The van der Waals surface area contributed by atoms with E-state index in [2.05, 4.69) is 28.5 Å². The first-order valence-electron chi connectivity index (χ1n) is 9.13. The quantitative estimate of drug-likeness (QED) is 0.751. The Labute approximate surface area is 160 Å². The van der Waals surface area contributed by atoms with Gasteiger partial charge in [-0.15, -0.1) is 0 Å². The minimum atomic E-state index is -3.57. The standard InChI is InChI=1S/C21H24N2O3S/c1-14-12-16(9-11-21(14)26-3)27(24,25)22-15-8-10-20-18(13-15)17-6-4-5-7-19(17)23(20)2/h4-7,9,11-12,15,22H,8,10,13H2,1-3H3. The van der Waals surface area contributed by atoms with E-state index in [1.165, 1.54) is 22.2 Å². The number of para-hydroxylation sites is 1. The van der Waals surface area contributed by atoms with Gasteiger partial charge in [0.15, 0.2) is 0 Å². The zero-order chi connectivity index (χ0) is 19.2. The second-order valence-electron chi connectivity index (χ2n) is 7.19. The Morgan fingerprint density at radius 2 is 1.96 bits per heavy atom. The van der Waals surface area contributed by atoms with Gasteiger partial charge in [0.2, 0.25) is 10.0 Å². The zero-order valence-corrected chi connectivity index (χ0v) is 16.6. The zero-order valence-electron chi connectivity index (χ0n) is 15.8. The van der Waals surface area contributed by atoms with Gasteiger partial charge >= 0.3 is 0 Å². The lowest BCUT2D eigenvalue weighted by Gasteiger charge is -2.24. The molecular formula is C21H24N2O3S. The van der Waals surface area contributed by atoms with Crippen molar-refractivity contribution in [2.75, 3.05) is 7.11 Å². The van der Waals surface area contributed by atoms with Gasteiger partial charge in [0.05, 0.1) is 12.0 Å². The predicted octanol–water partition coefficient (Wildman–Crippen LogP) is 3.33. The minimum absolute atomic E-state index is 0.101. The summed E-state index contributed by atoms with van der Waals surface area (Å²) in [6.45, 7) is 1.85. The Morgan fingerprint density at radius 1 is 1.19 bits per heavy atom. The molecule has 0 aliphatic heterocycles. The smallest absolute Gasteiger partial charge is 0.240 e. The Balaban J connectivity index is 1.61. The van der Waals surface area contributed by atoms with Gasteiger partial charge in [-0.25, -0.2) is 13.1 Å². The highest BCUT2D eigenvalue weighted by Gasteiger charge is 2.28. The number of ether oxygens (including phenoxy) is 1. The van der Waals surface area contributed by atoms with E-state index in [-0.39, 0.29) is 10.9 Å². The molecule has 0 radical (unpaired) electrons. The van der Waals surface area contributed by atoms with Crippen molar-refractivity contribution >= 4 is 20.9 Å². The highest BCUT2D eigenvalue weighted by molar-refractivity contribution is 7.89. The van der Waals surface area contributed by atoms with Crippen LogP contribution in [0.25, 0.3) is 10.9 Å². The second kappa shape index (κ2) is 6.69. The van der Waals surface area contributed by atoms with Crippen LogP contribution in [0.3, 0.4) is 0 Å². The van der Waals surface area contributed by atoms with Crippen molar-refractivity contribution in [2.24, 2.45) is 7.05 Å². The van der Waals surface area contributed by atoms with Crippen LogP contribution in [0.4, 0.5) is 0 Å². The lowest BCUT2D eigenvalue weighted by atomic mass is 9.92. The monoisotopic (exact) mass is 384 g/mol. The molecule has 4 rings (SSSR count). The summed E-state index contributed by atoms with van der Waals surface area (Å²) in [6.07, 6.45) is 2.38. The fourth-order valence-corrected chi connectivity index (χ4v) is 5.49. The van der Waals surface area contributed by atoms with Crippen molar-refractivity contribution in [3.63, 3.8) is 0 Å². The van der Waals surface area contributed by atoms with E-state index in [0.717, 1.165) is 18.4 Å². The van der Waals surface area contributed by atoms with Crippen LogP contribution in [0.2, 0.25) is 0 Å². The van der Waals surface area contributed by atoms with E-state index in [4.69, 9.17) is 4.74 Å². The van der Waals surface area contributed by atoms with Crippen LogP contribution in [0, 0.1) is 6.92 Å². The summed E-state index contributed by atoms with van der Waals surface area (Å²) >= 11 is 0. The predicted molar refractivity (Wildman–Crippen MR) is 107 cm³/mol. The van der Waals surface area contributed by atoms with Crippen molar-refractivity contribution < 1.29 is 13.2 Å². The van der Waals surface area contributed by atoms with Crippen molar-refractivity contribution in [3.8, 4) is 5.75 Å². The normalized spacial score (nSPS) is 17.1. The lowest BCUT2D eigenvalue weighted by molar-refractivity contribution is 0.411. The van der Waals surface area contributed by atoms with Crippen molar-refractivity contribution in [1.82, 2.24) is 9.29 Å². The van der Waals surface area contributed by atoms with Gasteiger partial charge in [-0.2, -0.15) is 0 Å². The van der Waals surface area contributed by atoms with E-state index in [9.17, 15) is 8.42 Å². The van der Waals surface area contributed by atoms with Crippen LogP contribution in [0.15, 0.2) is 47.4 Å². The molecule has 1 unspecified atom stereocenters. The maximum atomic E-state index is 12.9. The first kappa shape index (κ1) is 18.1. The molecule has 1 heterocycles. The molecule has 1 aliphatic rings. The van der Waals surface area contributed by atoms with Gasteiger partial charge in [-0.3, -0.25) is 0 Å². The van der Waals surface area contributed by atoms with Crippen LogP contribution >= 0.6 is 0 Å². The maximum absolute atomic E-state index is 12.9. The molecule has 0 saturated carbocycles. The van der Waals surface area contributed by atoms with Crippen molar-refractivity contribution in [2.45, 2.75) is 37.1 Å². The first-order chi connectivity index (χ1) is 12.9. The van der Waals surface area contributed by atoms with Gasteiger partial charge in [-0.05, 0) is 61.6 Å². The Kier molecular flexibility index (Phi) is 4.48. The summed E-state index contributed by atoms with van der Waals surface area (Å²) in [5.74, 6) is 0.687. The average molecular weight is 385 g/mol. The fourth-order valence-electron chi connectivity index (χ4n) is 4.14. The summed E-state index contributed by atoms with van der Waals surface area (Å²) in [4.78, 5) is 0.282. The molecule has 142 valence electrons. The van der Waals surface area contributed by atoms with Gasteiger partial charge in [0.1, 0.15) is 5.75 Å². The topological polar surface area (TPSA) is 60.3 Å². The molecule has 3 aromatic rings. The molecule has 1 atom stereocenters. The van der Waals surface area contributed by atoms with Gasteiger partial charge < -0.3 is 9.30 Å². The summed E-state index contributed by atoms with van der Waals surface area (Å²) < 4.78 is 36.1. The molecule has 0 spiro atoms. The van der Waals surface area contributed by atoms with Crippen LogP contribution < -0.4 is 9.46 Å². The molecule has 0 bridgehead atoms. The largest absolute Gasteiger partial charge is 0.496 e. The Morgan fingerprint density at radius 3 is 2.70 bits per heavy atom. The molecule has 1 N–H and O–H groups in total. The number of methoxy groups -OCH3 is 1. The SMILES string of the molecule is COc1ccc(S(=O)(=O)NC2CCc3c(c4ccccc4n3C)C2)cc1C. The third-order valence-corrected chi connectivity index (χ3v) is 7.04. The summed E-state index contributed by atoms with van der Waals surface area (Å²) in [6, 6.07) is 13.2. The van der Waals surface area contributed by atoms with Crippen LogP contribution in [0.5, 0.6) is 5.75 Å². The number of aryl methyl sites for hydroxylation is 2. The number of benzene rings is 2. The first-order valence-corrected chi connectivity index (χ1v) is 10.6. The van der Waals surface area contributed by atoms with Crippen LogP contribution in [-0.4, -0.2) is 26.1 Å². The highest BCUT2D eigenvalue weighted by atomic mass is 32.2. The average Bonchev–Trinajstić information content (AvgIpc) is 2.94. The number of nitrogens with zero attached hydrogens (tertiary/aromatic N) is 1. The minimum Gasteiger partial charge on any atom is -0.496 e. The molecule has 6 heteroatoms. The molecule has 0 amide bonds. The van der Waals surface area contributed by atoms with Gasteiger partial charge in [0.25, 0.3) is 0 Å².